The van der Waals surface area contributed by atoms with Crippen LogP contribution in [0, 0.1) is 0 Å². The quantitative estimate of drug-likeness (QED) is 0.132. The van der Waals surface area contributed by atoms with Gasteiger partial charge in [0.15, 0.2) is 11.5 Å². The summed E-state index contributed by atoms with van der Waals surface area (Å²) < 4.78 is 51.6. The number of rotatable bonds is 4. The monoisotopic (exact) mass is 944 g/mol. The molecule has 12 nitrogen and oxygen atoms in total. The van der Waals surface area contributed by atoms with Crippen LogP contribution in [0.5, 0.6) is 0 Å². The highest BCUT2D eigenvalue weighted by Gasteiger charge is 2.35. The summed E-state index contributed by atoms with van der Waals surface area (Å²) in [4.78, 5) is 32.9. The smallest absolute Gasteiger partial charge is 0.421 e. The number of aromatic nitrogens is 6. The van der Waals surface area contributed by atoms with Crippen molar-refractivity contribution < 1.29 is 22.0 Å². The lowest BCUT2D eigenvalue weighted by molar-refractivity contribution is -0.138. The van der Waals surface area contributed by atoms with E-state index in [1.165, 1.54) is 31.1 Å². The Kier molecular flexibility index (Phi) is 12.7. The van der Waals surface area contributed by atoms with Gasteiger partial charge in [-0.3, -0.25) is 19.6 Å². The fourth-order valence-electron chi connectivity index (χ4n) is 6.76. The molecule has 0 atom stereocenters. The molecular weight excluding hydrogens is 910 g/mol. The van der Waals surface area contributed by atoms with E-state index in [4.69, 9.17) is 20.3 Å². The lowest BCUT2D eigenvalue weighted by Gasteiger charge is -2.05. The number of nitrogens with two attached hydrogens (primary N) is 2. The van der Waals surface area contributed by atoms with Gasteiger partial charge < -0.3 is 20.3 Å². The summed E-state index contributed by atoms with van der Waals surface area (Å²) in [5.41, 5.74) is 13.7. The number of nitrogen functional groups attached to an aromatic ring is 2. The first-order valence-electron chi connectivity index (χ1n) is 20.5. The number of hydrogen-bond donors (Lipinski definition) is 4. The standard InChI is InChI=1S/C13H7F3N2O2.C13H10N2O.C13H10N2S.C12H8N2OS/c14-13(15,16)8-6-9(17-18-12(8)19)11-5-7-3-1-2-4-10(7)20-11;2*14-10-5-6-11(15-8-10)13-7-9-3-1-2-4-12(9)16-13;15-12-6-5-9(13-14-12)11-7-8-3-1-2-4-10(8)16-11/h1-6H,(H,18,19);2*1-8H,14H2;1-7H,(H,14,15). The van der Waals surface area contributed by atoms with Crippen molar-refractivity contribution in [3.05, 3.63) is 202 Å². The van der Waals surface area contributed by atoms with Gasteiger partial charge in [0.1, 0.15) is 33.8 Å². The molecule has 0 aliphatic heterocycles. The average molecular weight is 945 g/mol. The number of anilines is 2. The van der Waals surface area contributed by atoms with Crippen molar-refractivity contribution in [2.45, 2.75) is 6.18 Å². The second-order valence-electron chi connectivity index (χ2n) is 14.8. The fraction of sp³-hybridized carbons (Fsp3) is 0.0196. The van der Waals surface area contributed by atoms with Crippen LogP contribution in [0.2, 0.25) is 0 Å². The number of aromatic amines is 2. The maximum atomic E-state index is 12.7. The molecule has 0 saturated heterocycles. The molecule has 8 aromatic heterocycles. The number of benzene rings is 4. The second kappa shape index (κ2) is 19.4. The van der Waals surface area contributed by atoms with E-state index in [1.807, 2.05) is 71.8 Å². The zero-order valence-electron chi connectivity index (χ0n) is 35.3. The van der Waals surface area contributed by atoms with E-state index in [1.54, 1.807) is 71.5 Å². The van der Waals surface area contributed by atoms with Crippen LogP contribution in [-0.4, -0.2) is 30.4 Å². The number of thiophene rings is 2. The molecule has 0 fully saturated rings. The van der Waals surface area contributed by atoms with Gasteiger partial charge in [0, 0.05) is 26.2 Å². The van der Waals surface area contributed by atoms with Crippen LogP contribution in [-0.2, 0) is 6.18 Å². The summed E-state index contributed by atoms with van der Waals surface area (Å²) >= 11 is 3.42. The van der Waals surface area contributed by atoms with Crippen LogP contribution in [0.1, 0.15) is 5.56 Å². The third-order valence-corrected chi connectivity index (χ3v) is 12.3. The molecular formula is C51H35F3N8O4S2. The fourth-order valence-corrected chi connectivity index (χ4v) is 8.83. The summed E-state index contributed by atoms with van der Waals surface area (Å²) in [6, 6.07) is 50.6. The molecule has 4 aromatic carbocycles. The highest BCUT2D eigenvalue weighted by molar-refractivity contribution is 7.22. The van der Waals surface area contributed by atoms with Gasteiger partial charge in [0.25, 0.3) is 11.1 Å². The molecule has 0 spiro atoms. The first-order chi connectivity index (χ1) is 32.9. The third kappa shape index (κ3) is 10.4. The number of nitrogens with zero attached hydrogens (tertiary/aromatic N) is 4. The van der Waals surface area contributed by atoms with E-state index in [2.05, 4.69) is 73.8 Å². The van der Waals surface area contributed by atoms with Crippen LogP contribution in [0.15, 0.2) is 195 Å². The Morgan fingerprint density at radius 1 is 0.485 bits per heavy atom. The maximum absolute atomic E-state index is 12.7. The number of fused-ring (bicyclic) bond motifs is 4. The minimum absolute atomic E-state index is 0.0758. The van der Waals surface area contributed by atoms with Crippen LogP contribution in [0.3, 0.4) is 0 Å². The van der Waals surface area contributed by atoms with E-state index in [0.29, 0.717) is 23.0 Å². The number of hydrogen-bond acceptors (Lipinski definition) is 12. The Morgan fingerprint density at radius 3 is 1.44 bits per heavy atom. The molecule has 336 valence electrons. The van der Waals surface area contributed by atoms with Crippen molar-refractivity contribution in [3.8, 4) is 44.1 Å². The van der Waals surface area contributed by atoms with Gasteiger partial charge in [-0.2, -0.15) is 23.4 Å². The normalized spacial score (nSPS) is 11.1. The van der Waals surface area contributed by atoms with Crippen molar-refractivity contribution in [1.82, 2.24) is 30.4 Å². The minimum atomic E-state index is -4.74. The zero-order valence-corrected chi connectivity index (χ0v) is 36.9. The number of H-pyrrole nitrogens is 2. The molecule has 12 aromatic rings. The van der Waals surface area contributed by atoms with Crippen LogP contribution in [0.25, 0.3) is 86.2 Å². The SMILES string of the molecule is Nc1ccc(-c2cc3ccccc3o2)nc1.Nc1ccc(-c2cc3ccccc3s2)nc1.O=c1[nH]nc(-c2cc3ccccc3o2)cc1C(F)(F)F.O=c1ccc(-c2cc3ccccc3s2)n[nH]1. The molecule has 0 amide bonds. The molecule has 12 rings (SSSR count). The van der Waals surface area contributed by atoms with Gasteiger partial charge >= 0.3 is 6.18 Å². The van der Waals surface area contributed by atoms with Gasteiger partial charge in [-0.1, -0.05) is 72.8 Å². The van der Waals surface area contributed by atoms with Gasteiger partial charge in [0.2, 0.25) is 0 Å². The first-order valence-corrected chi connectivity index (χ1v) is 22.2. The minimum Gasteiger partial charge on any atom is -0.454 e. The number of nitrogens with one attached hydrogen (secondary N) is 2. The van der Waals surface area contributed by atoms with Crippen LogP contribution < -0.4 is 22.6 Å². The second-order valence-corrected chi connectivity index (χ2v) is 17.0. The van der Waals surface area contributed by atoms with E-state index in [9.17, 15) is 22.8 Å². The number of halogens is 3. The molecule has 0 aliphatic carbocycles. The van der Waals surface area contributed by atoms with Gasteiger partial charge in [-0.15, -0.1) is 22.7 Å². The number of para-hydroxylation sites is 2. The number of furan rings is 2. The molecule has 0 bridgehead atoms. The lowest BCUT2D eigenvalue weighted by Crippen LogP contribution is -2.22. The van der Waals surface area contributed by atoms with Crippen molar-refractivity contribution in [1.29, 1.82) is 0 Å². The number of pyridine rings is 2. The Bertz CT molecular complexity index is 3520. The molecule has 0 aliphatic rings. The van der Waals surface area contributed by atoms with Gasteiger partial charge in [0.05, 0.1) is 39.2 Å². The molecule has 17 heteroatoms. The van der Waals surface area contributed by atoms with E-state index in [-0.39, 0.29) is 17.0 Å². The summed E-state index contributed by atoms with van der Waals surface area (Å²) in [6.07, 6.45) is -1.42. The number of alkyl halides is 3. The topological polar surface area (TPSA) is 196 Å². The molecule has 68 heavy (non-hydrogen) atoms. The molecule has 6 N–H and O–H groups in total. The van der Waals surface area contributed by atoms with Gasteiger partial charge in [-0.05, 0) is 95.7 Å². The summed E-state index contributed by atoms with van der Waals surface area (Å²) in [7, 11) is 0. The Labute approximate surface area is 391 Å². The summed E-state index contributed by atoms with van der Waals surface area (Å²) in [5, 5.41) is 16.2. The van der Waals surface area contributed by atoms with Crippen molar-refractivity contribution >= 4 is 76.2 Å². The first kappa shape index (κ1) is 44.5. The van der Waals surface area contributed by atoms with Crippen molar-refractivity contribution in [2.24, 2.45) is 0 Å². The Morgan fingerprint density at radius 2 is 0.956 bits per heavy atom. The third-order valence-electron chi connectivity index (χ3n) is 10.1. The predicted octanol–water partition coefficient (Wildman–Crippen LogP) is 12.5. The average Bonchev–Trinajstić information content (AvgIpc) is 4.17. The lowest BCUT2D eigenvalue weighted by atomic mass is 10.2. The zero-order chi connectivity index (χ0) is 47.2. The van der Waals surface area contributed by atoms with Crippen LogP contribution >= 0.6 is 22.7 Å². The van der Waals surface area contributed by atoms with E-state index in [0.717, 1.165) is 44.1 Å². The van der Waals surface area contributed by atoms with Gasteiger partial charge in [-0.25, -0.2) is 10.2 Å². The van der Waals surface area contributed by atoms with E-state index < -0.39 is 17.3 Å². The molecule has 0 saturated carbocycles. The maximum Gasteiger partial charge on any atom is 0.421 e. The Hall–Kier alpha value is -8.67. The van der Waals surface area contributed by atoms with Crippen molar-refractivity contribution in [3.63, 3.8) is 0 Å². The van der Waals surface area contributed by atoms with Crippen LogP contribution in [0.4, 0.5) is 24.5 Å². The summed E-state index contributed by atoms with van der Waals surface area (Å²) in [5.74, 6) is 0.925. The summed E-state index contributed by atoms with van der Waals surface area (Å²) in [6.45, 7) is 0. The highest BCUT2D eigenvalue weighted by Crippen LogP contribution is 2.34. The van der Waals surface area contributed by atoms with Crippen molar-refractivity contribution in [2.75, 3.05) is 11.5 Å². The molecule has 8 heterocycles. The molecule has 0 radical (unpaired) electrons. The highest BCUT2D eigenvalue weighted by atomic mass is 32.1. The largest absolute Gasteiger partial charge is 0.454 e. The Balaban J connectivity index is 0.000000114. The van der Waals surface area contributed by atoms with E-state index >= 15 is 0 Å². The predicted molar refractivity (Wildman–Crippen MR) is 264 cm³/mol. The molecule has 0 unspecified atom stereocenters.